The quantitative estimate of drug-likeness (QED) is 0.752. The molecular weight excluding hydrogens is 338 g/mol. The van der Waals surface area contributed by atoms with Crippen molar-refractivity contribution < 1.29 is 19.2 Å². The monoisotopic (exact) mass is 351 g/mol. The molecule has 9 heteroatoms. The molecule has 3 rings (SSSR count). The predicted octanol–water partition coefficient (Wildman–Crippen LogP) is 0.125. The van der Waals surface area contributed by atoms with Crippen molar-refractivity contribution in [3.05, 3.63) is 29.3 Å². The van der Waals surface area contributed by atoms with Gasteiger partial charge in [-0.15, -0.1) is 0 Å². The highest BCUT2D eigenvalue weighted by atomic mass is 32.8. The normalized spacial score (nSPS) is 22.0. The van der Waals surface area contributed by atoms with Gasteiger partial charge in [0.25, 0.3) is 11.8 Å². The number of hydrogen-bond donors (Lipinski definition) is 2. The molecule has 0 saturated carbocycles. The fraction of sp³-hybridized carbons (Fsp3) is 0.286. The predicted molar refractivity (Wildman–Crippen MR) is 87.4 cm³/mol. The fourth-order valence-corrected chi connectivity index (χ4v) is 3.50. The number of piperidine rings is 1. The van der Waals surface area contributed by atoms with Gasteiger partial charge in [-0.05, 0) is 39.4 Å². The van der Waals surface area contributed by atoms with E-state index >= 15 is 0 Å². The van der Waals surface area contributed by atoms with E-state index in [1.165, 1.54) is 0 Å². The maximum atomic E-state index is 12.7. The Bertz CT molecular complexity index is 777. The van der Waals surface area contributed by atoms with Crippen molar-refractivity contribution in [1.29, 1.82) is 0 Å². The van der Waals surface area contributed by atoms with Crippen molar-refractivity contribution in [2.45, 2.75) is 18.9 Å². The second kappa shape index (κ2) is 5.82. The van der Waals surface area contributed by atoms with E-state index in [2.05, 4.69) is 10.0 Å². The first-order valence-corrected chi connectivity index (χ1v) is 9.40. The highest BCUT2D eigenvalue weighted by molar-refractivity contribution is 8.29. The van der Waals surface area contributed by atoms with Crippen LogP contribution in [0.1, 0.15) is 33.6 Å². The Labute approximate surface area is 139 Å². The molecule has 0 radical (unpaired) electrons. The smallest absolute Gasteiger partial charge is 0.264 e. The molecule has 2 aliphatic heterocycles. The van der Waals surface area contributed by atoms with E-state index in [9.17, 15) is 19.2 Å². The molecule has 0 aromatic heterocycles. The summed E-state index contributed by atoms with van der Waals surface area (Å²) in [5.74, 6) is -2.08. The number of carbonyl (C=O) groups is 4. The van der Waals surface area contributed by atoms with Crippen LogP contribution in [0.15, 0.2) is 18.2 Å². The molecule has 2 unspecified atom stereocenters. The lowest BCUT2D eigenvalue weighted by Crippen LogP contribution is -2.54. The highest BCUT2D eigenvalue weighted by Crippen LogP contribution is 2.32. The first-order chi connectivity index (χ1) is 10.9. The molecule has 0 spiro atoms. The summed E-state index contributed by atoms with van der Waals surface area (Å²) in [5, 5.41) is 2.17. The Hall–Kier alpha value is -2.13. The molecule has 1 aromatic carbocycles. The summed E-state index contributed by atoms with van der Waals surface area (Å²) >= 11 is 5.09. The number of carbonyl (C=O) groups excluding carboxylic acids is 4. The summed E-state index contributed by atoms with van der Waals surface area (Å²) in [4.78, 5) is 49.4. The topological polar surface area (TPSA) is 95.6 Å². The molecule has 0 aliphatic carbocycles. The number of fused-ring (bicyclic) bond motifs is 1. The van der Waals surface area contributed by atoms with Crippen LogP contribution in [0.2, 0.25) is 0 Å². The molecule has 1 fully saturated rings. The first kappa shape index (κ1) is 15.8. The van der Waals surface area contributed by atoms with Crippen LogP contribution in [0.3, 0.4) is 0 Å². The average Bonchev–Trinajstić information content (AvgIpc) is 2.72. The van der Waals surface area contributed by atoms with Gasteiger partial charge in [0.2, 0.25) is 11.8 Å². The second-order valence-electron chi connectivity index (χ2n) is 5.23. The third-order valence-corrected chi connectivity index (χ3v) is 4.48. The fourth-order valence-electron chi connectivity index (χ4n) is 2.75. The van der Waals surface area contributed by atoms with E-state index in [0.29, 0.717) is 5.69 Å². The average molecular weight is 351 g/mol. The Balaban J connectivity index is 1.99. The van der Waals surface area contributed by atoms with E-state index < -0.39 is 39.3 Å². The zero-order chi connectivity index (χ0) is 16.7. The van der Waals surface area contributed by atoms with Gasteiger partial charge in [0, 0.05) is 12.7 Å². The number of rotatable bonds is 3. The third kappa shape index (κ3) is 2.66. The lowest BCUT2D eigenvalue weighted by Gasteiger charge is -2.27. The molecule has 2 atom stereocenters. The maximum Gasteiger partial charge on any atom is 0.264 e. The van der Waals surface area contributed by atoms with Gasteiger partial charge in [-0.25, -0.2) is 0 Å². The molecule has 2 heterocycles. The standard InChI is InChI=1S/C14H13N3O4S2/c1-23(22)16-8-4-2-3-7-11(8)14(21)17(13(7)20)9-5-6-10(18)15-12(9)19/h2-4,9,16H,5-6H2,1H3,(H,15,18,19). The second-order valence-corrected chi connectivity index (χ2v) is 7.84. The number of benzene rings is 1. The van der Waals surface area contributed by atoms with Crippen LogP contribution in [-0.2, 0) is 30.4 Å². The van der Waals surface area contributed by atoms with Crippen LogP contribution in [0.25, 0.3) is 0 Å². The van der Waals surface area contributed by atoms with Gasteiger partial charge in [0.1, 0.15) is 6.04 Å². The zero-order valence-corrected chi connectivity index (χ0v) is 13.8. The first-order valence-electron chi connectivity index (χ1n) is 6.85. The van der Waals surface area contributed by atoms with E-state index in [-0.39, 0.29) is 24.0 Å². The summed E-state index contributed by atoms with van der Waals surface area (Å²) < 4.78 is 2.99. The van der Waals surface area contributed by atoms with Gasteiger partial charge in [0.05, 0.1) is 16.8 Å². The van der Waals surface area contributed by atoms with E-state index in [0.717, 1.165) is 4.90 Å². The van der Waals surface area contributed by atoms with Gasteiger partial charge in [-0.2, -0.15) is 0 Å². The number of anilines is 1. The van der Waals surface area contributed by atoms with Crippen molar-refractivity contribution in [3.8, 4) is 0 Å². The lowest BCUT2D eigenvalue weighted by molar-refractivity contribution is -0.136. The van der Waals surface area contributed by atoms with Crippen LogP contribution in [0.5, 0.6) is 0 Å². The molecule has 2 aliphatic rings. The Kier molecular flexibility index (Phi) is 3.99. The molecule has 1 aromatic rings. The minimum Gasteiger partial charge on any atom is -0.326 e. The van der Waals surface area contributed by atoms with E-state index in [1.807, 2.05) is 0 Å². The largest absolute Gasteiger partial charge is 0.326 e. The minimum absolute atomic E-state index is 0.0967. The summed E-state index contributed by atoms with van der Waals surface area (Å²) in [6.07, 6.45) is 2.01. The van der Waals surface area contributed by atoms with Crippen molar-refractivity contribution in [1.82, 2.24) is 10.2 Å². The molecule has 2 N–H and O–H groups in total. The van der Waals surface area contributed by atoms with Crippen LogP contribution >= 0.6 is 0 Å². The lowest BCUT2D eigenvalue weighted by atomic mass is 10.0. The van der Waals surface area contributed by atoms with Crippen LogP contribution < -0.4 is 10.0 Å². The van der Waals surface area contributed by atoms with Crippen molar-refractivity contribution in [3.63, 3.8) is 0 Å². The molecule has 4 amide bonds. The third-order valence-electron chi connectivity index (χ3n) is 3.72. The molecular formula is C14H13N3O4S2. The van der Waals surface area contributed by atoms with E-state index in [1.54, 1.807) is 24.5 Å². The Morgan fingerprint density at radius 2 is 2.00 bits per heavy atom. The van der Waals surface area contributed by atoms with Gasteiger partial charge >= 0.3 is 0 Å². The number of nitrogens with zero attached hydrogens (tertiary/aromatic N) is 1. The Morgan fingerprint density at radius 1 is 1.26 bits per heavy atom. The van der Waals surface area contributed by atoms with Gasteiger partial charge in [0.15, 0.2) is 0 Å². The van der Waals surface area contributed by atoms with Crippen LogP contribution in [-0.4, -0.2) is 40.8 Å². The van der Waals surface area contributed by atoms with Crippen LogP contribution in [0.4, 0.5) is 5.69 Å². The Morgan fingerprint density at radius 3 is 2.65 bits per heavy atom. The van der Waals surface area contributed by atoms with Crippen molar-refractivity contribution >= 4 is 50.1 Å². The van der Waals surface area contributed by atoms with Crippen LogP contribution in [0, 0.1) is 0 Å². The maximum absolute atomic E-state index is 12.7. The minimum atomic E-state index is -0.962. The van der Waals surface area contributed by atoms with Crippen molar-refractivity contribution in [2.75, 3.05) is 11.0 Å². The summed E-state index contributed by atoms with van der Waals surface area (Å²) in [6, 6.07) is 3.91. The number of nitrogens with one attached hydrogen (secondary N) is 2. The zero-order valence-electron chi connectivity index (χ0n) is 12.1. The molecule has 1 saturated heterocycles. The summed E-state index contributed by atoms with van der Waals surface area (Å²) in [6.45, 7) is 0. The SMILES string of the molecule is CS(=S)Nc1cccc2c1C(=O)N(C1CCC(=O)NC1=O)C2=O. The van der Waals surface area contributed by atoms with Gasteiger partial charge in [-0.1, -0.05) is 6.07 Å². The van der Waals surface area contributed by atoms with Gasteiger partial charge in [-0.3, -0.25) is 29.4 Å². The molecule has 0 bridgehead atoms. The van der Waals surface area contributed by atoms with Gasteiger partial charge < -0.3 is 4.72 Å². The molecule has 23 heavy (non-hydrogen) atoms. The number of hydrogen-bond acceptors (Lipinski definition) is 5. The summed E-state index contributed by atoms with van der Waals surface area (Å²) in [5.41, 5.74) is 0.952. The highest BCUT2D eigenvalue weighted by Gasteiger charge is 2.45. The number of amides is 4. The molecule has 7 nitrogen and oxygen atoms in total. The summed E-state index contributed by atoms with van der Waals surface area (Å²) in [7, 11) is -0.585. The van der Waals surface area contributed by atoms with Crippen molar-refractivity contribution in [2.24, 2.45) is 0 Å². The number of imide groups is 2. The molecule has 120 valence electrons. The van der Waals surface area contributed by atoms with E-state index in [4.69, 9.17) is 11.2 Å².